The summed E-state index contributed by atoms with van der Waals surface area (Å²) in [5.41, 5.74) is 1.74. The fraction of sp³-hybridized carbons (Fsp3) is 0.0357. The zero-order valence-electron chi connectivity index (χ0n) is 18.4. The van der Waals surface area contributed by atoms with Crippen molar-refractivity contribution in [3.05, 3.63) is 112 Å². The van der Waals surface area contributed by atoms with E-state index in [2.05, 4.69) is 33.4 Å². The summed E-state index contributed by atoms with van der Waals surface area (Å²) in [5.74, 6) is -0.941. The van der Waals surface area contributed by atoms with Crippen LogP contribution in [0.25, 0.3) is 16.8 Å². The molecular formula is C28H19BrN2O4. The maximum Gasteiger partial charge on any atom is 0.335 e. The van der Waals surface area contributed by atoms with Gasteiger partial charge in [0.25, 0.3) is 11.8 Å². The summed E-state index contributed by atoms with van der Waals surface area (Å²) in [7, 11) is 0. The minimum Gasteiger partial charge on any atom is -0.488 e. The lowest BCUT2D eigenvalue weighted by molar-refractivity contribution is -0.122. The Labute approximate surface area is 209 Å². The van der Waals surface area contributed by atoms with E-state index in [4.69, 9.17) is 4.74 Å². The Morgan fingerprint density at radius 2 is 1.54 bits per heavy atom. The zero-order valence-corrected chi connectivity index (χ0v) is 20.0. The molecule has 1 fully saturated rings. The summed E-state index contributed by atoms with van der Waals surface area (Å²) in [6.07, 6.45) is 1.45. The summed E-state index contributed by atoms with van der Waals surface area (Å²) < 4.78 is 6.86. The van der Waals surface area contributed by atoms with Crippen molar-refractivity contribution in [2.45, 2.75) is 6.61 Å². The number of barbiturate groups is 1. The quantitative estimate of drug-likeness (QED) is 0.261. The molecule has 1 aliphatic heterocycles. The van der Waals surface area contributed by atoms with Crippen molar-refractivity contribution in [1.82, 2.24) is 5.32 Å². The number of imide groups is 2. The van der Waals surface area contributed by atoms with Crippen molar-refractivity contribution in [3.8, 4) is 5.75 Å². The van der Waals surface area contributed by atoms with Gasteiger partial charge in [0.05, 0.1) is 5.69 Å². The average molecular weight is 527 g/mol. The van der Waals surface area contributed by atoms with Crippen LogP contribution in [0, 0.1) is 0 Å². The molecule has 35 heavy (non-hydrogen) atoms. The molecule has 4 aromatic carbocycles. The number of nitrogens with zero attached hydrogens (tertiary/aromatic N) is 1. The SMILES string of the molecule is O=C1NC(=O)N(c2ccc(Br)cc2)C(=O)/C1=C/c1ccccc1OCc1ccc2ccccc2c1. The molecule has 1 aliphatic rings. The van der Waals surface area contributed by atoms with Crippen LogP contribution in [0.2, 0.25) is 0 Å². The smallest absolute Gasteiger partial charge is 0.335 e. The second kappa shape index (κ2) is 9.56. The molecule has 4 aromatic rings. The third-order valence-electron chi connectivity index (χ3n) is 5.61. The van der Waals surface area contributed by atoms with E-state index >= 15 is 0 Å². The third kappa shape index (κ3) is 4.72. The minimum absolute atomic E-state index is 0.158. The summed E-state index contributed by atoms with van der Waals surface area (Å²) in [5, 5.41) is 4.51. The van der Waals surface area contributed by atoms with Crippen LogP contribution < -0.4 is 15.0 Å². The van der Waals surface area contributed by atoms with Crippen LogP contribution in [-0.4, -0.2) is 17.8 Å². The van der Waals surface area contributed by atoms with Gasteiger partial charge in [-0.25, -0.2) is 9.69 Å². The molecule has 1 saturated heterocycles. The predicted octanol–water partition coefficient (Wildman–Crippen LogP) is 5.85. The van der Waals surface area contributed by atoms with Crippen LogP contribution in [0.4, 0.5) is 10.5 Å². The number of ether oxygens (including phenoxy) is 1. The fourth-order valence-electron chi connectivity index (χ4n) is 3.86. The first kappa shape index (κ1) is 22.6. The van der Waals surface area contributed by atoms with Crippen molar-refractivity contribution in [2.24, 2.45) is 0 Å². The van der Waals surface area contributed by atoms with Crippen LogP contribution in [0.3, 0.4) is 0 Å². The van der Waals surface area contributed by atoms with E-state index in [1.54, 1.807) is 42.5 Å². The first-order chi connectivity index (χ1) is 17.0. The van der Waals surface area contributed by atoms with Gasteiger partial charge in [-0.15, -0.1) is 0 Å². The topological polar surface area (TPSA) is 75.7 Å². The Balaban J connectivity index is 1.42. The van der Waals surface area contributed by atoms with Crippen LogP contribution in [0.15, 0.2) is 101 Å². The normalized spacial score (nSPS) is 14.9. The van der Waals surface area contributed by atoms with E-state index in [0.717, 1.165) is 25.7 Å². The van der Waals surface area contributed by atoms with Crippen molar-refractivity contribution < 1.29 is 19.1 Å². The average Bonchev–Trinajstić information content (AvgIpc) is 2.87. The standard InChI is InChI=1S/C28H19BrN2O4/c29-22-11-13-23(14-12-22)31-27(33)24(26(32)30-28(31)34)16-21-7-3-4-8-25(21)35-17-18-9-10-19-5-1-2-6-20(19)15-18/h1-16H,17H2,(H,30,32,34)/b24-16+. The number of para-hydroxylation sites is 1. The highest BCUT2D eigenvalue weighted by Crippen LogP contribution is 2.27. The number of benzene rings is 4. The number of rotatable bonds is 5. The Morgan fingerprint density at radius 3 is 2.34 bits per heavy atom. The molecule has 172 valence electrons. The molecule has 0 radical (unpaired) electrons. The van der Waals surface area contributed by atoms with Gasteiger partial charge in [-0.05, 0) is 58.8 Å². The number of hydrogen-bond donors (Lipinski definition) is 1. The van der Waals surface area contributed by atoms with Crippen molar-refractivity contribution in [3.63, 3.8) is 0 Å². The van der Waals surface area contributed by atoms with Crippen molar-refractivity contribution in [2.75, 3.05) is 4.90 Å². The zero-order chi connectivity index (χ0) is 24.4. The highest BCUT2D eigenvalue weighted by atomic mass is 79.9. The summed E-state index contributed by atoms with van der Waals surface area (Å²) in [4.78, 5) is 39.1. The van der Waals surface area contributed by atoms with Gasteiger partial charge >= 0.3 is 6.03 Å². The van der Waals surface area contributed by atoms with Crippen molar-refractivity contribution >= 4 is 56.3 Å². The van der Waals surface area contributed by atoms with Gasteiger partial charge in [-0.2, -0.15) is 0 Å². The van der Waals surface area contributed by atoms with Crippen LogP contribution in [0.1, 0.15) is 11.1 Å². The van der Waals surface area contributed by atoms with Crippen LogP contribution in [-0.2, 0) is 16.2 Å². The molecule has 7 heteroatoms. The van der Waals surface area contributed by atoms with Gasteiger partial charge in [-0.3, -0.25) is 14.9 Å². The van der Waals surface area contributed by atoms with Gasteiger partial charge in [0.1, 0.15) is 17.9 Å². The largest absolute Gasteiger partial charge is 0.488 e. The third-order valence-corrected chi connectivity index (χ3v) is 6.14. The van der Waals surface area contributed by atoms with Crippen molar-refractivity contribution in [1.29, 1.82) is 0 Å². The Morgan fingerprint density at radius 1 is 0.829 bits per heavy atom. The minimum atomic E-state index is -0.791. The highest BCUT2D eigenvalue weighted by molar-refractivity contribution is 9.10. The van der Waals surface area contributed by atoms with Gasteiger partial charge in [0.2, 0.25) is 0 Å². The lowest BCUT2D eigenvalue weighted by Gasteiger charge is -2.26. The fourth-order valence-corrected chi connectivity index (χ4v) is 4.12. The molecule has 0 aliphatic carbocycles. The molecule has 0 saturated carbocycles. The molecule has 5 rings (SSSR count). The number of amides is 4. The number of halogens is 1. The Hall–Kier alpha value is -4.23. The number of nitrogens with one attached hydrogen (secondary N) is 1. The van der Waals surface area contributed by atoms with Crippen LogP contribution >= 0.6 is 15.9 Å². The summed E-state index contributed by atoms with van der Waals surface area (Å²) in [6.45, 7) is 0.314. The maximum atomic E-state index is 13.2. The molecule has 0 aromatic heterocycles. The molecule has 0 bridgehead atoms. The summed E-state index contributed by atoms with van der Waals surface area (Å²) >= 11 is 3.33. The van der Waals surface area contributed by atoms with E-state index < -0.39 is 17.8 Å². The molecule has 0 unspecified atom stereocenters. The Bertz CT molecular complexity index is 1490. The first-order valence-corrected chi connectivity index (χ1v) is 11.7. The van der Waals surface area contributed by atoms with Gasteiger partial charge in [0, 0.05) is 10.0 Å². The monoisotopic (exact) mass is 526 g/mol. The van der Waals surface area contributed by atoms with Gasteiger partial charge < -0.3 is 4.74 Å². The molecule has 0 spiro atoms. The predicted molar refractivity (Wildman–Crippen MR) is 138 cm³/mol. The lowest BCUT2D eigenvalue weighted by atomic mass is 10.1. The number of fused-ring (bicyclic) bond motifs is 1. The number of urea groups is 1. The first-order valence-electron chi connectivity index (χ1n) is 10.9. The van der Waals surface area contributed by atoms with E-state index in [-0.39, 0.29) is 5.57 Å². The van der Waals surface area contributed by atoms with E-state index in [9.17, 15) is 14.4 Å². The van der Waals surface area contributed by atoms with E-state index in [1.807, 2.05) is 36.4 Å². The molecular weight excluding hydrogens is 508 g/mol. The number of carbonyl (C=O) groups is 3. The Kier molecular flexibility index (Phi) is 6.16. The van der Waals surface area contributed by atoms with Crippen LogP contribution in [0.5, 0.6) is 5.75 Å². The molecule has 4 amide bonds. The highest BCUT2D eigenvalue weighted by Gasteiger charge is 2.36. The number of anilines is 1. The summed E-state index contributed by atoms with van der Waals surface area (Å²) in [6, 6.07) is 27.2. The second-order valence-electron chi connectivity index (χ2n) is 7.94. The second-order valence-corrected chi connectivity index (χ2v) is 8.86. The number of hydrogen-bond acceptors (Lipinski definition) is 4. The molecule has 0 atom stereocenters. The molecule has 1 heterocycles. The lowest BCUT2D eigenvalue weighted by Crippen LogP contribution is -2.54. The molecule has 1 N–H and O–H groups in total. The van der Waals surface area contributed by atoms with Gasteiger partial charge in [-0.1, -0.05) is 70.5 Å². The van der Waals surface area contributed by atoms with E-state index in [0.29, 0.717) is 23.6 Å². The molecule has 6 nitrogen and oxygen atoms in total. The van der Waals surface area contributed by atoms with E-state index in [1.165, 1.54) is 6.08 Å². The van der Waals surface area contributed by atoms with Gasteiger partial charge in [0.15, 0.2) is 0 Å². The maximum absolute atomic E-state index is 13.2. The number of carbonyl (C=O) groups excluding carboxylic acids is 3.